The average molecular weight is 265 g/mol. The Hall–Kier alpha value is -1.52. The number of halogens is 1. The molecule has 0 bridgehead atoms. The number of nitrogens with two attached hydrogens (primary N) is 1. The molecule has 5 heteroatoms. The Labute approximate surface area is 112 Å². The second-order valence-electron chi connectivity index (χ2n) is 4.47. The Kier molecular flexibility index (Phi) is 3.59. The lowest BCUT2D eigenvalue weighted by molar-refractivity contribution is 0.673. The Bertz CT molecular complexity index is 528. The van der Waals surface area contributed by atoms with Crippen molar-refractivity contribution in [3.63, 3.8) is 0 Å². The molecule has 1 atom stereocenters. The van der Waals surface area contributed by atoms with Gasteiger partial charge in [-0.2, -0.15) is 5.10 Å². The predicted molar refractivity (Wildman–Crippen MR) is 75.0 cm³/mol. The maximum Gasteiger partial charge on any atom is 0.0837 e. The lowest BCUT2D eigenvalue weighted by Crippen LogP contribution is -2.17. The maximum absolute atomic E-state index is 6.27. The number of aryl methyl sites for hydroxylation is 1. The zero-order valence-corrected chi connectivity index (χ0v) is 11.5. The predicted octanol–water partition coefficient (Wildman–Crippen LogP) is 2.19. The van der Waals surface area contributed by atoms with Gasteiger partial charge in [0.25, 0.3) is 0 Å². The van der Waals surface area contributed by atoms with E-state index in [1.54, 1.807) is 10.9 Å². The van der Waals surface area contributed by atoms with Crippen LogP contribution in [0.15, 0.2) is 30.5 Å². The third-order valence-corrected chi connectivity index (χ3v) is 3.27. The van der Waals surface area contributed by atoms with E-state index < -0.39 is 0 Å². The largest absolute Gasteiger partial charge is 0.378 e. The molecule has 2 rings (SSSR count). The van der Waals surface area contributed by atoms with Crippen molar-refractivity contribution >= 4 is 17.3 Å². The summed E-state index contributed by atoms with van der Waals surface area (Å²) in [5.74, 6) is 0. The van der Waals surface area contributed by atoms with Crippen molar-refractivity contribution in [2.45, 2.75) is 6.04 Å². The normalized spacial score (nSPS) is 12.5. The van der Waals surface area contributed by atoms with E-state index in [0.29, 0.717) is 5.02 Å². The number of anilines is 1. The highest BCUT2D eigenvalue weighted by Crippen LogP contribution is 2.27. The molecule has 96 valence electrons. The van der Waals surface area contributed by atoms with Crippen molar-refractivity contribution in [1.82, 2.24) is 9.78 Å². The van der Waals surface area contributed by atoms with Gasteiger partial charge in [-0.15, -0.1) is 0 Å². The molecule has 18 heavy (non-hydrogen) atoms. The standard InChI is InChI=1S/C13H17ClN4/c1-17(2)10-6-4-5-9(7-10)12(15)13-11(14)8-16-18(13)3/h4-8,12H,15H2,1-3H3. The van der Waals surface area contributed by atoms with E-state index in [4.69, 9.17) is 17.3 Å². The molecular formula is C13H17ClN4. The van der Waals surface area contributed by atoms with E-state index in [9.17, 15) is 0 Å². The van der Waals surface area contributed by atoms with Crippen LogP contribution in [0.1, 0.15) is 17.3 Å². The van der Waals surface area contributed by atoms with Gasteiger partial charge in [-0.1, -0.05) is 23.7 Å². The molecule has 0 spiro atoms. The quantitative estimate of drug-likeness (QED) is 0.924. The molecule has 0 aliphatic rings. The molecule has 2 N–H and O–H groups in total. The zero-order chi connectivity index (χ0) is 13.3. The number of benzene rings is 1. The summed E-state index contributed by atoms with van der Waals surface area (Å²) < 4.78 is 1.72. The van der Waals surface area contributed by atoms with E-state index >= 15 is 0 Å². The number of nitrogens with zero attached hydrogens (tertiary/aromatic N) is 3. The molecule has 0 aliphatic heterocycles. The zero-order valence-electron chi connectivity index (χ0n) is 10.8. The van der Waals surface area contributed by atoms with E-state index in [1.807, 2.05) is 44.2 Å². The van der Waals surface area contributed by atoms with Gasteiger partial charge in [0.1, 0.15) is 0 Å². The molecule has 1 unspecified atom stereocenters. The first-order valence-corrected chi connectivity index (χ1v) is 6.08. The van der Waals surface area contributed by atoms with Crippen LogP contribution in [0.5, 0.6) is 0 Å². The minimum atomic E-state index is -0.273. The minimum absolute atomic E-state index is 0.273. The summed E-state index contributed by atoms with van der Waals surface area (Å²) in [6.07, 6.45) is 1.62. The van der Waals surface area contributed by atoms with Crippen molar-refractivity contribution in [3.8, 4) is 0 Å². The molecular weight excluding hydrogens is 248 g/mol. The lowest BCUT2D eigenvalue weighted by atomic mass is 10.0. The number of hydrogen-bond donors (Lipinski definition) is 1. The second-order valence-corrected chi connectivity index (χ2v) is 4.88. The van der Waals surface area contributed by atoms with Gasteiger partial charge < -0.3 is 10.6 Å². The first-order chi connectivity index (χ1) is 8.50. The van der Waals surface area contributed by atoms with Crippen LogP contribution in [0.2, 0.25) is 5.02 Å². The van der Waals surface area contributed by atoms with Crippen LogP contribution in [0, 0.1) is 0 Å². The molecule has 0 saturated carbocycles. The number of aromatic nitrogens is 2. The summed E-state index contributed by atoms with van der Waals surface area (Å²) in [7, 11) is 5.85. The summed E-state index contributed by atoms with van der Waals surface area (Å²) >= 11 is 6.12. The van der Waals surface area contributed by atoms with Gasteiger partial charge in [0.15, 0.2) is 0 Å². The molecule has 0 radical (unpaired) electrons. The fourth-order valence-corrected chi connectivity index (χ4v) is 2.21. The summed E-state index contributed by atoms with van der Waals surface area (Å²) in [4.78, 5) is 2.04. The van der Waals surface area contributed by atoms with Crippen molar-refractivity contribution in [3.05, 3.63) is 46.7 Å². The Balaban J connectivity index is 2.40. The smallest absolute Gasteiger partial charge is 0.0837 e. The summed E-state index contributed by atoms with van der Waals surface area (Å²) in [6.45, 7) is 0. The van der Waals surface area contributed by atoms with E-state index in [-0.39, 0.29) is 6.04 Å². The minimum Gasteiger partial charge on any atom is -0.378 e. The van der Waals surface area contributed by atoms with Crippen LogP contribution >= 0.6 is 11.6 Å². The summed E-state index contributed by atoms with van der Waals surface area (Å²) in [6, 6.07) is 7.83. The third kappa shape index (κ3) is 2.35. The molecule has 0 amide bonds. The van der Waals surface area contributed by atoms with Gasteiger partial charge in [-0.25, -0.2) is 0 Å². The van der Waals surface area contributed by atoms with Crippen LogP contribution in [0.4, 0.5) is 5.69 Å². The fourth-order valence-electron chi connectivity index (χ4n) is 1.92. The third-order valence-electron chi connectivity index (χ3n) is 2.98. The molecule has 0 aliphatic carbocycles. The van der Waals surface area contributed by atoms with Crippen molar-refractivity contribution in [2.75, 3.05) is 19.0 Å². The van der Waals surface area contributed by atoms with E-state index in [0.717, 1.165) is 16.9 Å². The summed E-state index contributed by atoms with van der Waals surface area (Å²) in [5, 5.41) is 4.71. The van der Waals surface area contributed by atoms with Gasteiger partial charge in [-0.3, -0.25) is 4.68 Å². The number of hydrogen-bond acceptors (Lipinski definition) is 3. The van der Waals surface area contributed by atoms with Gasteiger partial charge in [0.2, 0.25) is 0 Å². The van der Waals surface area contributed by atoms with E-state index in [2.05, 4.69) is 11.2 Å². The maximum atomic E-state index is 6.27. The van der Waals surface area contributed by atoms with Crippen molar-refractivity contribution in [1.29, 1.82) is 0 Å². The van der Waals surface area contributed by atoms with Crippen LogP contribution in [0.3, 0.4) is 0 Å². The highest BCUT2D eigenvalue weighted by molar-refractivity contribution is 6.31. The highest BCUT2D eigenvalue weighted by Gasteiger charge is 2.17. The van der Waals surface area contributed by atoms with Crippen LogP contribution in [0.25, 0.3) is 0 Å². The molecule has 1 aromatic carbocycles. The molecule has 4 nitrogen and oxygen atoms in total. The molecule has 2 aromatic rings. The Morgan fingerprint density at radius 3 is 2.67 bits per heavy atom. The van der Waals surface area contributed by atoms with E-state index in [1.165, 1.54) is 0 Å². The molecule has 0 fully saturated rings. The summed E-state index contributed by atoms with van der Waals surface area (Å²) in [5.41, 5.74) is 9.23. The average Bonchev–Trinajstić information content (AvgIpc) is 2.68. The first kappa shape index (κ1) is 12.9. The van der Waals surface area contributed by atoms with Gasteiger partial charge in [0, 0.05) is 26.8 Å². The first-order valence-electron chi connectivity index (χ1n) is 5.71. The molecule has 1 heterocycles. The number of rotatable bonds is 3. The SMILES string of the molecule is CN(C)c1cccc(C(N)c2c(Cl)cnn2C)c1. The van der Waals surface area contributed by atoms with Crippen LogP contribution < -0.4 is 10.6 Å². The van der Waals surface area contributed by atoms with Crippen LogP contribution in [-0.4, -0.2) is 23.9 Å². The monoisotopic (exact) mass is 264 g/mol. The van der Waals surface area contributed by atoms with Crippen molar-refractivity contribution in [2.24, 2.45) is 12.8 Å². The fraction of sp³-hybridized carbons (Fsp3) is 0.308. The molecule has 0 saturated heterocycles. The lowest BCUT2D eigenvalue weighted by Gasteiger charge is -2.17. The van der Waals surface area contributed by atoms with Crippen molar-refractivity contribution < 1.29 is 0 Å². The molecule has 1 aromatic heterocycles. The van der Waals surface area contributed by atoms with Gasteiger partial charge >= 0.3 is 0 Å². The van der Waals surface area contributed by atoms with Crippen LogP contribution in [-0.2, 0) is 7.05 Å². The Morgan fingerprint density at radius 1 is 1.39 bits per heavy atom. The van der Waals surface area contributed by atoms with Gasteiger partial charge in [0.05, 0.1) is 23.0 Å². The highest BCUT2D eigenvalue weighted by atomic mass is 35.5. The second kappa shape index (κ2) is 5.00. The topological polar surface area (TPSA) is 47.1 Å². The van der Waals surface area contributed by atoms with Gasteiger partial charge in [-0.05, 0) is 17.7 Å². The Morgan fingerprint density at radius 2 is 2.11 bits per heavy atom.